The number of amidine groups is 2. The van der Waals surface area contributed by atoms with Crippen molar-refractivity contribution >= 4 is 51.6 Å². The van der Waals surface area contributed by atoms with Crippen molar-refractivity contribution in [2.45, 2.75) is 18.2 Å². The highest BCUT2D eigenvalue weighted by molar-refractivity contribution is 8.13. The molecule has 0 aromatic heterocycles. The Balaban J connectivity index is 1.16. The minimum Gasteiger partial charge on any atom is -0.368 e. The number of thioether (sulfide) groups is 1. The van der Waals surface area contributed by atoms with E-state index in [1.54, 1.807) is 12.1 Å². The van der Waals surface area contributed by atoms with Crippen molar-refractivity contribution in [1.82, 2.24) is 9.80 Å². The summed E-state index contributed by atoms with van der Waals surface area (Å²) in [5.74, 6) is 0.496. The van der Waals surface area contributed by atoms with Crippen molar-refractivity contribution in [3.05, 3.63) is 100 Å². The molecule has 1 fully saturated rings. The van der Waals surface area contributed by atoms with Gasteiger partial charge in [-0.05, 0) is 29.8 Å². The molecule has 40 heavy (non-hydrogen) atoms. The molecule has 3 aromatic rings. The molecule has 2 amide bonds. The molecule has 3 aliphatic rings. The Kier molecular flexibility index (Phi) is 7.04. The number of nitrogens with zero attached hydrogens (tertiary/aromatic N) is 6. The van der Waals surface area contributed by atoms with Gasteiger partial charge in [0.1, 0.15) is 11.9 Å². The summed E-state index contributed by atoms with van der Waals surface area (Å²) in [7, 11) is 0. The lowest BCUT2D eigenvalue weighted by Gasteiger charge is -2.36. The van der Waals surface area contributed by atoms with Crippen LogP contribution in [0.3, 0.4) is 0 Å². The number of fused-ring (bicyclic) bond motifs is 3. The number of aliphatic imine (C=N–C) groups is 2. The topological polar surface area (TPSA) is 112 Å². The summed E-state index contributed by atoms with van der Waals surface area (Å²) in [4.78, 5) is 52.6. The molecule has 1 saturated heterocycles. The van der Waals surface area contributed by atoms with E-state index in [1.807, 2.05) is 47.4 Å². The molecule has 0 bridgehead atoms. The zero-order chi connectivity index (χ0) is 27.6. The van der Waals surface area contributed by atoms with Gasteiger partial charge < -0.3 is 9.80 Å². The van der Waals surface area contributed by atoms with Gasteiger partial charge in [-0.1, -0.05) is 54.2 Å². The third kappa shape index (κ3) is 5.07. The summed E-state index contributed by atoms with van der Waals surface area (Å²) in [5, 5.41) is 11.6. The van der Waals surface area contributed by atoms with Crippen LogP contribution in [-0.2, 0) is 15.3 Å². The highest BCUT2D eigenvalue weighted by Crippen LogP contribution is 2.35. The number of para-hydroxylation sites is 2. The molecule has 6 rings (SSSR count). The molecule has 0 saturated carbocycles. The Labute approximate surface area is 235 Å². The maximum absolute atomic E-state index is 13.6. The lowest BCUT2D eigenvalue weighted by Crippen LogP contribution is -2.49. The van der Waals surface area contributed by atoms with E-state index in [0.717, 1.165) is 29.9 Å². The van der Waals surface area contributed by atoms with Gasteiger partial charge in [0.05, 0.1) is 17.0 Å². The molecule has 10 nitrogen and oxygen atoms in total. The summed E-state index contributed by atoms with van der Waals surface area (Å²) < 4.78 is 0. The first-order chi connectivity index (χ1) is 19.5. The number of rotatable bonds is 6. The van der Waals surface area contributed by atoms with Crippen LogP contribution in [0.15, 0.2) is 88.8 Å². The van der Waals surface area contributed by atoms with Gasteiger partial charge in [-0.2, -0.15) is 0 Å². The number of hydrogen-bond donors (Lipinski definition) is 0. The predicted molar refractivity (Wildman–Crippen MR) is 155 cm³/mol. The second kappa shape index (κ2) is 10.9. The van der Waals surface area contributed by atoms with Crippen LogP contribution in [0.25, 0.3) is 0 Å². The minimum absolute atomic E-state index is 0.00480. The van der Waals surface area contributed by atoms with Crippen LogP contribution in [0, 0.1) is 10.1 Å². The Hall–Kier alpha value is -4.51. The van der Waals surface area contributed by atoms with Crippen LogP contribution in [0.2, 0.25) is 0 Å². The second-order valence-electron chi connectivity index (χ2n) is 9.68. The molecule has 202 valence electrons. The Morgan fingerprint density at radius 3 is 2.50 bits per heavy atom. The summed E-state index contributed by atoms with van der Waals surface area (Å²) in [6, 6.07) is 23.2. The summed E-state index contributed by atoms with van der Waals surface area (Å²) >= 11 is 1.31. The number of nitro groups is 1. The molecule has 3 heterocycles. The number of carbonyl (C=O) groups excluding carboxylic acids is 2. The molecular weight excluding hydrogens is 528 g/mol. The van der Waals surface area contributed by atoms with Gasteiger partial charge in [0.2, 0.25) is 5.91 Å². The van der Waals surface area contributed by atoms with Gasteiger partial charge in [0.15, 0.2) is 5.17 Å². The first kappa shape index (κ1) is 25.8. The van der Waals surface area contributed by atoms with Crippen LogP contribution in [0.1, 0.15) is 17.5 Å². The number of nitro benzene ring substituents is 1. The van der Waals surface area contributed by atoms with Crippen LogP contribution >= 0.6 is 11.8 Å². The van der Waals surface area contributed by atoms with Crippen LogP contribution in [0.4, 0.5) is 17.1 Å². The maximum Gasteiger partial charge on any atom is 0.269 e. The van der Waals surface area contributed by atoms with Gasteiger partial charge in [-0.3, -0.25) is 24.7 Å². The molecule has 3 aliphatic heterocycles. The van der Waals surface area contributed by atoms with Crippen LogP contribution in [-0.4, -0.2) is 69.8 Å². The zero-order valence-electron chi connectivity index (χ0n) is 21.6. The SMILES string of the molecule is O=C(CC1N=C2c3ccccc3N=C(SCc3cccc([N+](=O)[O-])c3)N2C1=O)N1CCN(c2ccccc2)CC1. The van der Waals surface area contributed by atoms with E-state index >= 15 is 0 Å². The average Bonchev–Trinajstić information content (AvgIpc) is 3.32. The van der Waals surface area contributed by atoms with E-state index in [2.05, 4.69) is 17.0 Å². The minimum atomic E-state index is -0.829. The smallest absolute Gasteiger partial charge is 0.269 e. The van der Waals surface area contributed by atoms with Crippen LogP contribution in [0.5, 0.6) is 0 Å². The van der Waals surface area contributed by atoms with E-state index in [1.165, 1.54) is 28.8 Å². The van der Waals surface area contributed by atoms with Crippen molar-refractivity contribution in [1.29, 1.82) is 0 Å². The fraction of sp³-hybridized carbons (Fsp3) is 0.241. The molecular formula is C29H26N6O4S. The standard InChI is InChI=1S/C29H26N6O4S/c36-26(33-15-13-32(14-16-33)21-8-2-1-3-9-21)18-25-28(37)34-27(30-25)23-11-4-5-12-24(23)31-29(34)40-19-20-7-6-10-22(17-20)35(38)39/h1-12,17,25H,13-16,18-19H2. The van der Waals surface area contributed by atoms with Crippen molar-refractivity contribution in [3.8, 4) is 0 Å². The molecule has 1 atom stereocenters. The normalized spacial score (nSPS) is 18.1. The maximum atomic E-state index is 13.6. The Morgan fingerprint density at radius 1 is 0.975 bits per heavy atom. The molecule has 11 heteroatoms. The van der Waals surface area contributed by atoms with Gasteiger partial charge >= 0.3 is 0 Å². The molecule has 0 spiro atoms. The first-order valence-electron chi connectivity index (χ1n) is 13.0. The van der Waals surface area contributed by atoms with E-state index < -0.39 is 11.0 Å². The van der Waals surface area contributed by atoms with Gasteiger partial charge in [-0.25, -0.2) is 9.89 Å². The molecule has 0 N–H and O–H groups in total. The Bertz CT molecular complexity index is 1530. The van der Waals surface area contributed by atoms with E-state index in [4.69, 9.17) is 9.98 Å². The number of carbonyl (C=O) groups is 2. The molecule has 0 aliphatic carbocycles. The second-order valence-corrected chi connectivity index (χ2v) is 10.6. The monoisotopic (exact) mass is 554 g/mol. The van der Waals surface area contributed by atoms with Crippen molar-refractivity contribution in [2.75, 3.05) is 31.1 Å². The third-order valence-corrected chi connectivity index (χ3v) is 8.17. The molecule has 3 aromatic carbocycles. The number of benzene rings is 3. The summed E-state index contributed by atoms with van der Waals surface area (Å²) in [6.07, 6.45) is -0.00480. The summed E-state index contributed by atoms with van der Waals surface area (Å²) in [5.41, 5.74) is 3.32. The highest BCUT2D eigenvalue weighted by Gasteiger charge is 2.42. The highest BCUT2D eigenvalue weighted by atomic mass is 32.2. The largest absolute Gasteiger partial charge is 0.368 e. The quantitative estimate of drug-likeness (QED) is 0.333. The van der Waals surface area contributed by atoms with Gasteiger partial charge in [-0.15, -0.1) is 0 Å². The van der Waals surface area contributed by atoms with E-state index in [0.29, 0.717) is 35.5 Å². The summed E-state index contributed by atoms with van der Waals surface area (Å²) in [6.45, 7) is 2.63. The number of piperazine rings is 1. The van der Waals surface area contributed by atoms with Gasteiger partial charge in [0, 0.05) is 55.3 Å². The average molecular weight is 555 g/mol. The fourth-order valence-corrected chi connectivity index (χ4v) is 6.03. The van der Waals surface area contributed by atoms with Crippen LogP contribution < -0.4 is 4.90 Å². The predicted octanol–water partition coefficient (Wildman–Crippen LogP) is 4.23. The molecule has 1 unspecified atom stereocenters. The van der Waals surface area contributed by atoms with E-state index in [-0.39, 0.29) is 23.9 Å². The lowest BCUT2D eigenvalue weighted by molar-refractivity contribution is -0.384. The lowest BCUT2D eigenvalue weighted by atomic mass is 10.1. The van der Waals surface area contributed by atoms with Gasteiger partial charge in [0.25, 0.3) is 11.6 Å². The van der Waals surface area contributed by atoms with Crippen molar-refractivity contribution in [2.24, 2.45) is 9.98 Å². The number of amides is 2. The zero-order valence-corrected chi connectivity index (χ0v) is 22.4. The number of anilines is 1. The van der Waals surface area contributed by atoms with E-state index in [9.17, 15) is 19.7 Å². The number of hydrogen-bond acceptors (Lipinski definition) is 8. The third-order valence-electron chi connectivity index (χ3n) is 7.16. The van der Waals surface area contributed by atoms with Crippen molar-refractivity contribution in [3.63, 3.8) is 0 Å². The fourth-order valence-electron chi connectivity index (χ4n) is 5.09. The van der Waals surface area contributed by atoms with Crippen molar-refractivity contribution < 1.29 is 14.5 Å². The number of non-ortho nitro benzene ring substituents is 1. The molecule has 0 radical (unpaired) electrons. The first-order valence-corrected chi connectivity index (χ1v) is 14.0. The Morgan fingerprint density at radius 2 is 1.73 bits per heavy atom.